The highest BCUT2D eigenvalue weighted by Crippen LogP contribution is 2.61. The van der Waals surface area contributed by atoms with Crippen molar-refractivity contribution in [3.8, 4) is 0 Å². The van der Waals surface area contributed by atoms with Crippen LogP contribution in [0.4, 0.5) is 14.0 Å². The monoisotopic (exact) mass is 642 g/mol. The number of carboxylic acid groups (broad SMARTS) is 1. The van der Waals surface area contributed by atoms with Crippen molar-refractivity contribution >= 4 is 30.0 Å². The van der Waals surface area contributed by atoms with Crippen LogP contribution in [0.25, 0.3) is 0 Å². The predicted octanol–water partition coefficient (Wildman–Crippen LogP) is 3.70. The maximum absolute atomic E-state index is 14.3. The van der Waals surface area contributed by atoms with Crippen LogP contribution in [0.1, 0.15) is 83.3 Å². The summed E-state index contributed by atoms with van der Waals surface area (Å²) in [6.07, 6.45) is 2.55. The molecule has 2 aliphatic carbocycles. The van der Waals surface area contributed by atoms with E-state index in [1.165, 1.54) is 15.9 Å². The first-order valence-corrected chi connectivity index (χ1v) is 16.3. The van der Waals surface area contributed by atoms with Gasteiger partial charge in [-0.05, 0) is 69.4 Å². The van der Waals surface area contributed by atoms with Crippen molar-refractivity contribution in [1.82, 2.24) is 20.4 Å². The van der Waals surface area contributed by atoms with E-state index in [1.54, 1.807) is 32.9 Å². The third-order valence-corrected chi connectivity index (χ3v) is 10.1. The second-order valence-electron chi connectivity index (χ2n) is 14.6. The van der Waals surface area contributed by atoms with Gasteiger partial charge in [0.15, 0.2) is 0 Å². The lowest BCUT2D eigenvalue weighted by atomic mass is 10.0. The Morgan fingerprint density at radius 1 is 1.09 bits per heavy atom. The Bertz CT molecular complexity index is 1430. The summed E-state index contributed by atoms with van der Waals surface area (Å²) in [4.78, 5) is 69.1. The third-order valence-electron chi connectivity index (χ3n) is 10.1. The number of alkyl carbamates (subject to hydrolysis) is 1. The molecule has 4 fully saturated rings. The highest BCUT2D eigenvalue weighted by Gasteiger charge is 2.68. The van der Waals surface area contributed by atoms with Crippen LogP contribution >= 0.6 is 0 Å². The first-order chi connectivity index (χ1) is 21.8. The Morgan fingerprint density at radius 3 is 2.57 bits per heavy atom. The number of benzene rings is 1. The lowest BCUT2D eigenvalue weighted by molar-refractivity contribution is -0.146. The summed E-state index contributed by atoms with van der Waals surface area (Å²) >= 11 is 0. The van der Waals surface area contributed by atoms with Gasteiger partial charge in [0.05, 0.1) is 13.1 Å². The van der Waals surface area contributed by atoms with Gasteiger partial charge in [-0.3, -0.25) is 14.5 Å². The number of nitrogens with zero attached hydrogens (tertiary/aromatic N) is 2. The number of hydrogen-bond donors (Lipinski definition) is 3. The summed E-state index contributed by atoms with van der Waals surface area (Å²) in [5.41, 5.74) is -1.09. The van der Waals surface area contributed by atoms with Gasteiger partial charge in [-0.15, -0.1) is 0 Å². The van der Waals surface area contributed by atoms with Crippen molar-refractivity contribution in [2.24, 2.45) is 17.8 Å². The van der Waals surface area contributed by atoms with E-state index in [-0.39, 0.29) is 37.9 Å². The fourth-order valence-corrected chi connectivity index (χ4v) is 7.59. The topological polar surface area (TPSA) is 155 Å². The minimum atomic E-state index is -1.39. The molecule has 1 aromatic rings. The van der Waals surface area contributed by atoms with Gasteiger partial charge in [0, 0.05) is 18.5 Å². The largest absolute Gasteiger partial charge is 0.479 e. The molecule has 12 nitrogen and oxygen atoms in total. The maximum atomic E-state index is 14.3. The fraction of sp³-hybridized carbons (Fsp3) is 0.667. The normalized spacial score (nSPS) is 32.4. The van der Waals surface area contributed by atoms with Crippen molar-refractivity contribution in [2.45, 2.75) is 115 Å². The van der Waals surface area contributed by atoms with Gasteiger partial charge in [0.25, 0.3) is 0 Å². The zero-order valence-electron chi connectivity index (χ0n) is 26.6. The average molecular weight is 643 g/mol. The first-order valence-electron chi connectivity index (χ1n) is 16.3. The summed E-state index contributed by atoms with van der Waals surface area (Å²) < 4.78 is 25.5. The number of hydrogen-bond acceptors (Lipinski definition) is 7. The van der Waals surface area contributed by atoms with Gasteiger partial charge < -0.3 is 30.1 Å². The molecule has 46 heavy (non-hydrogen) atoms. The van der Waals surface area contributed by atoms with Crippen molar-refractivity contribution < 1.29 is 42.9 Å². The van der Waals surface area contributed by atoms with E-state index in [9.17, 15) is 33.5 Å². The van der Waals surface area contributed by atoms with Gasteiger partial charge in [0.2, 0.25) is 11.8 Å². The predicted molar refractivity (Wildman–Crippen MR) is 160 cm³/mol. The molecule has 3 N–H and O–H groups in total. The molecule has 250 valence electrons. The third kappa shape index (κ3) is 6.50. The molecule has 2 unspecified atom stereocenters. The number of carbonyl (C=O) groups is 5. The van der Waals surface area contributed by atoms with Gasteiger partial charge in [0.1, 0.15) is 35.1 Å². The van der Waals surface area contributed by atoms with Gasteiger partial charge in [-0.2, -0.15) is 0 Å². The van der Waals surface area contributed by atoms with Gasteiger partial charge >= 0.3 is 18.2 Å². The number of carboxylic acids is 1. The molecule has 0 spiro atoms. The molecule has 3 aliphatic heterocycles. The van der Waals surface area contributed by atoms with Crippen LogP contribution in [0.3, 0.4) is 0 Å². The lowest BCUT2D eigenvalue weighted by Gasteiger charge is -2.30. The van der Waals surface area contributed by atoms with Crippen LogP contribution in [0, 0.1) is 23.6 Å². The van der Waals surface area contributed by atoms with E-state index in [0.717, 1.165) is 25.7 Å². The lowest BCUT2D eigenvalue weighted by Crippen LogP contribution is -2.56. The second-order valence-corrected chi connectivity index (χ2v) is 14.6. The van der Waals surface area contributed by atoms with E-state index in [1.807, 2.05) is 0 Å². The minimum absolute atomic E-state index is 0.0344. The molecular formula is C33H43FN4O8. The molecule has 3 heterocycles. The zero-order chi connectivity index (χ0) is 33.0. The van der Waals surface area contributed by atoms with Gasteiger partial charge in [-0.25, -0.2) is 18.8 Å². The number of halogens is 1. The molecule has 6 rings (SSSR count). The fourth-order valence-electron chi connectivity index (χ4n) is 7.59. The Morgan fingerprint density at radius 2 is 1.85 bits per heavy atom. The number of aliphatic carboxylic acids is 1. The van der Waals surface area contributed by atoms with E-state index >= 15 is 0 Å². The molecule has 13 heteroatoms. The van der Waals surface area contributed by atoms with E-state index in [2.05, 4.69) is 10.6 Å². The molecule has 2 saturated heterocycles. The summed E-state index contributed by atoms with van der Waals surface area (Å²) in [5, 5.41) is 15.7. The van der Waals surface area contributed by atoms with Crippen LogP contribution in [0.5, 0.6) is 0 Å². The highest BCUT2D eigenvalue weighted by molar-refractivity contribution is 5.96. The Labute approximate surface area is 267 Å². The van der Waals surface area contributed by atoms with Crippen molar-refractivity contribution in [3.05, 3.63) is 35.1 Å². The number of amides is 4. The Balaban J connectivity index is 1.22. The van der Waals surface area contributed by atoms with E-state index < -0.39 is 65.1 Å². The van der Waals surface area contributed by atoms with Gasteiger partial charge in [-0.1, -0.05) is 37.8 Å². The zero-order valence-corrected chi connectivity index (χ0v) is 26.6. The van der Waals surface area contributed by atoms with Crippen LogP contribution in [-0.4, -0.2) is 80.7 Å². The summed E-state index contributed by atoms with van der Waals surface area (Å²) in [6.45, 7) is 5.22. The summed E-state index contributed by atoms with van der Waals surface area (Å²) in [6, 6.07) is 2.52. The molecule has 7 atom stereocenters. The van der Waals surface area contributed by atoms with E-state index in [0.29, 0.717) is 36.3 Å². The Hall–Kier alpha value is -3.90. The standard InChI is InChI=1S/C33H43FN4O8/c1-32(2,3)46-30(43)35-25-11-6-4-5-8-18-12-21(18)23-14-33(23,29(41)42)36-27(39)26-13-20(16-38(26)28(25)40)45-31(44)37-15-19-9-7-10-24(34)22(19)17-37/h7,9-10,18,20-21,23,25-26H,4-6,8,11-17H2,1-3H3,(H,35,43)(H,36,39)(H,41,42)/t18-,20-,21+,23?,25+,26+,33?/m1/s1. The van der Waals surface area contributed by atoms with Crippen molar-refractivity contribution in [3.63, 3.8) is 0 Å². The molecule has 4 amide bonds. The molecule has 2 saturated carbocycles. The number of rotatable bonds is 3. The highest BCUT2D eigenvalue weighted by atomic mass is 19.1. The molecule has 0 aromatic heterocycles. The minimum Gasteiger partial charge on any atom is -0.479 e. The van der Waals surface area contributed by atoms with Crippen LogP contribution in [-0.2, 0) is 36.9 Å². The number of ether oxygens (including phenoxy) is 2. The average Bonchev–Trinajstić information content (AvgIpc) is 3.78. The SMILES string of the molecule is CC(C)(C)OC(=O)N[C@H]1CCCCC[C@@H]2C[C@@H]2C2CC2(C(=O)O)NC(=O)[C@@H]2C[C@@H](OC(=O)N3Cc4cccc(F)c4C3)CN2C1=O. The first kappa shape index (κ1) is 32.1. The summed E-state index contributed by atoms with van der Waals surface area (Å²) in [5.74, 6) is -2.17. The number of nitrogens with one attached hydrogen (secondary N) is 2. The molecular weight excluding hydrogens is 599 g/mol. The second kappa shape index (κ2) is 12.0. The van der Waals surface area contributed by atoms with Crippen LogP contribution in [0.2, 0.25) is 0 Å². The van der Waals surface area contributed by atoms with Crippen molar-refractivity contribution in [1.29, 1.82) is 0 Å². The quantitative estimate of drug-likeness (QED) is 0.451. The summed E-state index contributed by atoms with van der Waals surface area (Å²) in [7, 11) is 0. The molecule has 1 aromatic carbocycles. The van der Waals surface area contributed by atoms with Crippen molar-refractivity contribution in [2.75, 3.05) is 6.54 Å². The maximum Gasteiger partial charge on any atom is 0.410 e. The molecule has 0 bridgehead atoms. The van der Waals surface area contributed by atoms with E-state index in [4.69, 9.17) is 9.47 Å². The Kier molecular flexibility index (Phi) is 8.39. The smallest absolute Gasteiger partial charge is 0.410 e. The van der Waals surface area contributed by atoms with Crippen LogP contribution < -0.4 is 10.6 Å². The number of carbonyl (C=O) groups excluding carboxylic acids is 4. The number of fused-ring (bicyclic) bond motifs is 5. The van der Waals surface area contributed by atoms with Crippen LogP contribution in [0.15, 0.2) is 18.2 Å². The molecule has 5 aliphatic rings. The molecule has 0 radical (unpaired) electrons.